The molecule has 1 amide bonds. The van der Waals surface area contributed by atoms with Crippen molar-refractivity contribution in [2.45, 2.75) is 12.8 Å². The van der Waals surface area contributed by atoms with Gasteiger partial charge in [0.05, 0.1) is 12.8 Å². The van der Waals surface area contributed by atoms with Crippen LogP contribution in [0.1, 0.15) is 12.0 Å². The van der Waals surface area contributed by atoms with Crippen LogP contribution in [-0.4, -0.2) is 35.5 Å². The van der Waals surface area contributed by atoms with E-state index in [1.54, 1.807) is 18.4 Å². The molecule has 0 fully saturated rings. The number of carboxylic acid groups (broad SMARTS) is 1. The van der Waals surface area contributed by atoms with E-state index in [1.165, 1.54) is 9.60 Å². The average Bonchev–Trinajstić information content (AvgIpc) is 2.79. The van der Waals surface area contributed by atoms with Crippen LogP contribution < -0.4 is 0 Å². The Kier molecular flexibility index (Phi) is 4.16. The second-order valence-electron chi connectivity index (χ2n) is 4.39. The molecule has 1 N–H and O–H groups in total. The molecule has 0 atom stereocenters. The number of thiophene rings is 1. The third-order valence-electron chi connectivity index (χ3n) is 2.99. The zero-order valence-electron chi connectivity index (χ0n) is 10.6. The zero-order valence-corrected chi connectivity index (χ0v) is 11.4. The number of hydrogen-bond donors (Lipinski definition) is 1. The van der Waals surface area contributed by atoms with Gasteiger partial charge in [-0.1, -0.05) is 18.2 Å². The van der Waals surface area contributed by atoms with Gasteiger partial charge in [-0.05, 0) is 22.4 Å². The van der Waals surface area contributed by atoms with E-state index in [1.807, 2.05) is 29.6 Å². The lowest BCUT2D eigenvalue weighted by molar-refractivity contribution is -0.138. The fourth-order valence-electron chi connectivity index (χ4n) is 1.86. The zero-order chi connectivity index (χ0) is 13.8. The maximum absolute atomic E-state index is 12.0. The number of likely N-dealkylation sites (N-methyl/N-ethyl adjacent to an activating group) is 1. The van der Waals surface area contributed by atoms with E-state index < -0.39 is 5.97 Å². The predicted molar refractivity (Wildman–Crippen MR) is 75.4 cm³/mol. The van der Waals surface area contributed by atoms with Crippen LogP contribution in [0.25, 0.3) is 10.1 Å². The van der Waals surface area contributed by atoms with E-state index in [2.05, 4.69) is 0 Å². The largest absolute Gasteiger partial charge is 0.481 e. The minimum absolute atomic E-state index is 0.0212. The summed E-state index contributed by atoms with van der Waals surface area (Å²) in [5, 5.41) is 11.7. The average molecular weight is 277 g/mol. The molecule has 5 heteroatoms. The summed E-state index contributed by atoms with van der Waals surface area (Å²) in [5.41, 5.74) is 1.01. The number of carboxylic acids is 1. The van der Waals surface area contributed by atoms with Crippen molar-refractivity contribution < 1.29 is 14.7 Å². The molecule has 0 aliphatic heterocycles. The molecule has 4 nitrogen and oxygen atoms in total. The van der Waals surface area contributed by atoms with Crippen LogP contribution in [0.3, 0.4) is 0 Å². The van der Waals surface area contributed by atoms with Gasteiger partial charge in [-0.15, -0.1) is 11.3 Å². The number of nitrogens with zero attached hydrogens (tertiary/aromatic N) is 1. The van der Waals surface area contributed by atoms with Crippen LogP contribution in [0.2, 0.25) is 0 Å². The second kappa shape index (κ2) is 5.84. The Morgan fingerprint density at radius 1 is 1.32 bits per heavy atom. The minimum atomic E-state index is -0.888. The minimum Gasteiger partial charge on any atom is -0.481 e. The topological polar surface area (TPSA) is 57.6 Å². The molecule has 0 spiro atoms. The van der Waals surface area contributed by atoms with Crippen molar-refractivity contribution in [3.63, 3.8) is 0 Å². The lowest BCUT2D eigenvalue weighted by atomic mass is 10.1. The number of carbonyl (C=O) groups is 2. The van der Waals surface area contributed by atoms with E-state index in [9.17, 15) is 9.59 Å². The van der Waals surface area contributed by atoms with Crippen molar-refractivity contribution in [1.82, 2.24) is 4.90 Å². The molecular formula is C14H15NO3S. The quantitative estimate of drug-likeness (QED) is 0.913. The highest BCUT2D eigenvalue weighted by Gasteiger charge is 2.13. The van der Waals surface area contributed by atoms with Gasteiger partial charge in [0.15, 0.2) is 0 Å². The summed E-state index contributed by atoms with van der Waals surface area (Å²) in [7, 11) is 1.64. The highest BCUT2D eigenvalue weighted by atomic mass is 32.1. The van der Waals surface area contributed by atoms with E-state index >= 15 is 0 Å². The van der Waals surface area contributed by atoms with Crippen LogP contribution >= 0.6 is 11.3 Å². The molecule has 0 saturated carbocycles. The molecule has 0 aliphatic rings. The summed E-state index contributed by atoms with van der Waals surface area (Å²) in [6.45, 7) is 0.246. The van der Waals surface area contributed by atoms with E-state index in [4.69, 9.17) is 5.11 Å². The fourth-order valence-corrected chi connectivity index (χ4v) is 2.82. The number of hydrogen-bond acceptors (Lipinski definition) is 3. The van der Waals surface area contributed by atoms with Gasteiger partial charge in [-0.2, -0.15) is 0 Å². The molecule has 2 rings (SSSR count). The molecule has 100 valence electrons. The number of fused-ring (bicyclic) bond motifs is 1. The van der Waals surface area contributed by atoms with Gasteiger partial charge >= 0.3 is 5.97 Å². The van der Waals surface area contributed by atoms with E-state index in [0.29, 0.717) is 6.42 Å². The molecule has 0 radical (unpaired) electrons. The number of carbonyl (C=O) groups excluding carboxylic acids is 1. The monoisotopic (exact) mass is 277 g/mol. The van der Waals surface area contributed by atoms with Gasteiger partial charge in [-0.25, -0.2) is 0 Å². The predicted octanol–water partition coefficient (Wildman–Crippen LogP) is 2.38. The highest BCUT2D eigenvalue weighted by molar-refractivity contribution is 7.17. The molecule has 19 heavy (non-hydrogen) atoms. The van der Waals surface area contributed by atoms with Crippen LogP contribution in [0.4, 0.5) is 0 Å². The summed E-state index contributed by atoms with van der Waals surface area (Å²) >= 11 is 1.62. The van der Waals surface area contributed by atoms with Crippen molar-refractivity contribution >= 4 is 33.3 Å². The summed E-state index contributed by atoms with van der Waals surface area (Å²) in [5.74, 6) is -0.939. The number of benzene rings is 1. The molecule has 1 heterocycles. The van der Waals surface area contributed by atoms with Gasteiger partial charge in [0, 0.05) is 18.3 Å². The molecule has 1 aromatic heterocycles. The fraction of sp³-hybridized carbons (Fsp3) is 0.286. The van der Waals surface area contributed by atoms with Crippen LogP contribution in [-0.2, 0) is 16.0 Å². The van der Waals surface area contributed by atoms with Crippen LogP contribution in [0.15, 0.2) is 29.6 Å². The maximum Gasteiger partial charge on any atom is 0.305 e. The van der Waals surface area contributed by atoms with E-state index in [0.717, 1.165) is 10.9 Å². The van der Waals surface area contributed by atoms with E-state index in [-0.39, 0.29) is 18.9 Å². The SMILES string of the molecule is CN(CCC(=O)O)C(=O)Cc1csc2ccccc12. The van der Waals surface area contributed by atoms with Crippen LogP contribution in [0.5, 0.6) is 0 Å². The van der Waals surface area contributed by atoms with Crippen molar-refractivity contribution in [2.75, 3.05) is 13.6 Å². The Morgan fingerprint density at radius 3 is 2.79 bits per heavy atom. The summed E-state index contributed by atoms with van der Waals surface area (Å²) in [6.07, 6.45) is 0.298. The van der Waals surface area contributed by atoms with Crippen molar-refractivity contribution in [2.24, 2.45) is 0 Å². The smallest absolute Gasteiger partial charge is 0.305 e. The Bertz CT molecular complexity index is 606. The lowest BCUT2D eigenvalue weighted by Gasteiger charge is -2.15. The van der Waals surface area contributed by atoms with Crippen molar-refractivity contribution in [1.29, 1.82) is 0 Å². The summed E-state index contributed by atoms with van der Waals surface area (Å²) in [4.78, 5) is 24.0. The number of rotatable bonds is 5. The van der Waals surface area contributed by atoms with Gasteiger partial charge in [-0.3, -0.25) is 9.59 Å². The normalized spacial score (nSPS) is 10.6. The lowest BCUT2D eigenvalue weighted by Crippen LogP contribution is -2.30. The second-order valence-corrected chi connectivity index (χ2v) is 5.30. The van der Waals surface area contributed by atoms with Crippen molar-refractivity contribution in [3.8, 4) is 0 Å². The van der Waals surface area contributed by atoms with Gasteiger partial charge < -0.3 is 10.0 Å². The Balaban J connectivity index is 2.04. The number of amides is 1. The third-order valence-corrected chi connectivity index (χ3v) is 4.00. The maximum atomic E-state index is 12.0. The Morgan fingerprint density at radius 2 is 2.05 bits per heavy atom. The molecule has 0 unspecified atom stereocenters. The standard InChI is InChI=1S/C14H15NO3S/c1-15(7-6-14(17)18)13(16)8-10-9-19-12-5-3-2-4-11(10)12/h2-5,9H,6-8H2,1H3,(H,17,18). The highest BCUT2D eigenvalue weighted by Crippen LogP contribution is 2.26. The van der Waals surface area contributed by atoms with Gasteiger partial charge in [0.25, 0.3) is 0 Å². The first-order valence-corrected chi connectivity index (χ1v) is 6.87. The van der Waals surface area contributed by atoms with Crippen molar-refractivity contribution in [3.05, 3.63) is 35.2 Å². The molecule has 0 bridgehead atoms. The first kappa shape index (κ1) is 13.5. The van der Waals surface area contributed by atoms with Crippen LogP contribution in [0, 0.1) is 0 Å². The third kappa shape index (κ3) is 3.32. The molecule has 2 aromatic rings. The van der Waals surface area contributed by atoms with Gasteiger partial charge in [0.1, 0.15) is 0 Å². The molecular weight excluding hydrogens is 262 g/mol. The summed E-state index contributed by atoms with van der Waals surface area (Å²) < 4.78 is 1.17. The number of aliphatic carboxylic acids is 1. The molecule has 0 aliphatic carbocycles. The first-order chi connectivity index (χ1) is 9.08. The summed E-state index contributed by atoms with van der Waals surface area (Å²) in [6, 6.07) is 7.97. The first-order valence-electron chi connectivity index (χ1n) is 5.99. The van der Waals surface area contributed by atoms with Gasteiger partial charge in [0.2, 0.25) is 5.91 Å². The molecule has 1 aromatic carbocycles. The molecule has 0 saturated heterocycles. The Hall–Kier alpha value is -1.88. The Labute approximate surface area is 115 Å².